The molecule has 0 bridgehead atoms. The van der Waals surface area contributed by atoms with Crippen LogP contribution in [0.3, 0.4) is 0 Å². The number of hydrogen-bond acceptors (Lipinski definition) is 4. The lowest BCUT2D eigenvalue weighted by Gasteiger charge is -2.26. The molecule has 0 fully saturated rings. The van der Waals surface area contributed by atoms with E-state index in [0.29, 0.717) is 6.54 Å². The zero-order valence-corrected chi connectivity index (χ0v) is 17.1. The molecule has 0 saturated heterocycles. The van der Waals surface area contributed by atoms with E-state index >= 15 is 0 Å². The lowest BCUT2D eigenvalue weighted by molar-refractivity contribution is -0.139. The average Bonchev–Trinajstić information content (AvgIpc) is 2.63. The van der Waals surface area contributed by atoms with Crippen molar-refractivity contribution < 1.29 is 14.7 Å². The summed E-state index contributed by atoms with van der Waals surface area (Å²) in [5.74, 6) is -1.14. The molecule has 2 aromatic carbocycles. The second kappa shape index (κ2) is 11.6. The van der Waals surface area contributed by atoms with Gasteiger partial charge in [-0.3, -0.25) is 14.5 Å². The molecule has 0 spiro atoms. The van der Waals surface area contributed by atoms with Gasteiger partial charge in [-0.15, -0.1) is 12.4 Å². The summed E-state index contributed by atoms with van der Waals surface area (Å²) in [4.78, 5) is 27.4. The Bertz CT molecular complexity index is 743. The maximum absolute atomic E-state index is 12.7. The first-order valence-corrected chi connectivity index (χ1v) is 9.41. The molecule has 27 heavy (non-hydrogen) atoms. The smallest absolute Gasteiger partial charge is 0.317 e. The van der Waals surface area contributed by atoms with E-state index in [1.165, 1.54) is 0 Å². The molecule has 5 nitrogen and oxygen atoms in total. The third-order valence-electron chi connectivity index (χ3n) is 3.89. The topological polar surface area (TPSA) is 69.6 Å². The van der Waals surface area contributed by atoms with E-state index in [1.54, 1.807) is 23.6 Å². The summed E-state index contributed by atoms with van der Waals surface area (Å²) >= 11 is 1.57. The zero-order chi connectivity index (χ0) is 18.9. The molecule has 0 heterocycles. The number of aliphatic carboxylic acids is 1. The van der Waals surface area contributed by atoms with Crippen molar-refractivity contribution >= 4 is 41.7 Å². The van der Waals surface area contributed by atoms with E-state index in [2.05, 4.69) is 5.32 Å². The molecule has 0 saturated carbocycles. The Morgan fingerprint density at radius 1 is 1.11 bits per heavy atom. The van der Waals surface area contributed by atoms with Gasteiger partial charge in [0.25, 0.3) is 0 Å². The average molecular weight is 409 g/mol. The highest BCUT2D eigenvalue weighted by Gasteiger charge is 2.23. The molecule has 2 rings (SSSR count). The molecule has 1 unspecified atom stereocenters. The normalized spacial score (nSPS) is 11.5. The Morgan fingerprint density at radius 2 is 1.74 bits per heavy atom. The van der Waals surface area contributed by atoms with Crippen LogP contribution >= 0.6 is 24.2 Å². The largest absolute Gasteiger partial charge is 0.480 e. The molecule has 146 valence electrons. The lowest BCUT2D eigenvalue weighted by Crippen LogP contribution is -2.45. The number of halogens is 1. The first kappa shape index (κ1) is 23.0. The number of carboxylic acid groups (broad SMARTS) is 1. The van der Waals surface area contributed by atoms with Gasteiger partial charge in [-0.05, 0) is 44.2 Å². The summed E-state index contributed by atoms with van der Waals surface area (Å²) in [6, 6.07) is 17.0. The SMILES string of the molecule is CCCN(CC(=O)O)C(C)C(=O)Nc1ccccc1Sc1ccccc1.Cl. The highest BCUT2D eigenvalue weighted by atomic mass is 35.5. The second-order valence-electron chi connectivity index (χ2n) is 5.94. The molecule has 7 heteroatoms. The summed E-state index contributed by atoms with van der Waals surface area (Å²) in [6.07, 6.45) is 0.783. The van der Waals surface area contributed by atoms with Gasteiger partial charge in [0.05, 0.1) is 18.3 Å². The van der Waals surface area contributed by atoms with Crippen molar-refractivity contribution in [3.8, 4) is 0 Å². The molecular formula is C20H25ClN2O3S. The standard InChI is InChI=1S/C20H24N2O3S.ClH/c1-3-13-22(14-19(23)24)15(2)20(25)21-17-11-7-8-12-18(17)26-16-9-5-4-6-10-16;/h4-12,15H,3,13-14H2,1-2H3,(H,21,25)(H,23,24);1H. The van der Waals surface area contributed by atoms with E-state index in [1.807, 2.05) is 61.5 Å². The number of carboxylic acids is 1. The fourth-order valence-corrected chi connectivity index (χ4v) is 3.47. The van der Waals surface area contributed by atoms with Crippen molar-refractivity contribution in [1.29, 1.82) is 0 Å². The number of carbonyl (C=O) groups is 2. The van der Waals surface area contributed by atoms with Crippen molar-refractivity contribution in [2.45, 2.75) is 36.1 Å². The number of benzene rings is 2. The van der Waals surface area contributed by atoms with Crippen molar-refractivity contribution in [2.75, 3.05) is 18.4 Å². The number of anilines is 1. The van der Waals surface area contributed by atoms with Gasteiger partial charge in [0.2, 0.25) is 5.91 Å². The Kier molecular flexibility index (Phi) is 9.93. The van der Waals surface area contributed by atoms with Crippen LogP contribution in [-0.4, -0.2) is 41.0 Å². The van der Waals surface area contributed by atoms with E-state index in [-0.39, 0.29) is 24.9 Å². The van der Waals surface area contributed by atoms with Crippen LogP contribution in [-0.2, 0) is 9.59 Å². The summed E-state index contributed by atoms with van der Waals surface area (Å²) in [5.41, 5.74) is 0.727. The fraction of sp³-hybridized carbons (Fsp3) is 0.300. The number of carbonyl (C=O) groups excluding carboxylic acids is 1. The molecule has 0 aromatic heterocycles. The van der Waals surface area contributed by atoms with E-state index in [0.717, 1.165) is 21.9 Å². The van der Waals surface area contributed by atoms with Gasteiger partial charge in [0, 0.05) is 9.79 Å². The quantitative estimate of drug-likeness (QED) is 0.644. The minimum absolute atomic E-state index is 0. The predicted octanol–water partition coefficient (Wildman–Crippen LogP) is 4.38. The molecule has 0 radical (unpaired) electrons. The maximum Gasteiger partial charge on any atom is 0.317 e. The number of nitrogens with one attached hydrogen (secondary N) is 1. The van der Waals surface area contributed by atoms with Crippen molar-refractivity contribution in [3.63, 3.8) is 0 Å². The van der Waals surface area contributed by atoms with Crippen LogP contribution in [0, 0.1) is 0 Å². The molecule has 2 aromatic rings. The lowest BCUT2D eigenvalue weighted by atomic mass is 10.2. The number of nitrogens with zero attached hydrogens (tertiary/aromatic N) is 1. The molecule has 2 N–H and O–H groups in total. The highest BCUT2D eigenvalue weighted by Crippen LogP contribution is 2.33. The monoisotopic (exact) mass is 408 g/mol. The van der Waals surface area contributed by atoms with Crippen molar-refractivity contribution in [1.82, 2.24) is 4.90 Å². The van der Waals surface area contributed by atoms with Crippen LogP contribution in [0.15, 0.2) is 64.4 Å². The Balaban J connectivity index is 0.00000364. The number of rotatable bonds is 9. The zero-order valence-electron chi connectivity index (χ0n) is 15.4. The van der Waals surface area contributed by atoms with E-state index < -0.39 is 12.0 Å². The van der Waals surface area contributed by atoms with Crippen molar-refractivity contribution in [3.05, 3.63) is 54.6 Å². The highest BCUT2D eigenvalue weighted by molar-refractivity contribution is 7.99. The predicted molar refractivity (Wildman–Crippen MR) is 112 cm³/mol. The van der Waals surface area contributed by atoms with Crippen LogP contribution in [0.4, 0.5) is 5.69 Å². The first-order chi connectivity index (χ1) is 12.5. The third kappa shape index (κ3) is 7.25. The maximum atomic E-state index is 12.7. The van der Waals surface area contributed by atoms with Gasteiger partial charge >= 0.3 is 5.97 Å². The summed E-state index contributed by atoms with van der Waals surface area (Å²) < 4.78 is 0. The molecule has 1 amide bonds. The number of amides is 1. The molecule has 0 aliphatic heterocycles. The minimum Gasteiger partial charge on any atom is -0.480 e. The van der Waals surface area contributed by atoms with E-state index in [4.69, 9.17) is 5.11 Å². The number of hydrogen-bond donors (Lipinski definition) is 2. The first-order valence-electron chi connectivity index (χ1n) is 8.60. The van der Waals surface area contributed by atoms with Crippen molar-refractivity contribution in [2.24, 2.45) is 0 Å². The minimum atomic E-state index is -0.932. The van der Waals surface area contributed by atoms with Gasteiger partial charge in [0.15, 0.2) is 0 Å². The Morgan fingerprint density at radius 3 is 2.37 bits per heavy atom. The third-order valence-corrected chi connectivity index (χ3v) is 4.98. The van der Waals surface area contributed by atoms with Crippen LogP contribution in [0.1, 0.15) is 20.3 Å². The summed E-state index contributed by atoms with van der Waals surface area (Å²) in [6.45, 7) is 4.11. The molecule has 0 aliphatic carbocycles. The van der Waals surface area contributed by atoms with Crippen LogP contribution in [0.25, 0.3) is 0 Å². The van der Waals surface area contributed by atoms with Gasteiger partial charge in [-0.25, -0.2) is 0 Å². The van der Waals surface area contributed by atoms with E-state index in [9.17, 15) is 9.59 Å². The van der Waals surface area contributed by atoms with Crippen LogP contribution < -0.4 is 5.32 Å². The Hall–Kier alpha value is -2.02. The molecule has 1 atom stereocenters. The molecule has 0 aliphatic rings. The van der Waals surface area contributed by atoms with Crippen LogP contribution in [0.2, 0.25) is 0 Å². The molecular weight excluding hydrogens is 384 g/mol. The van der Waals surface area contributed by atoms with Gasteiger partial charge < -0.3 is 10.4 Å². The van der Waals surface area contributed by atoms with Crippen LogP contribution in [0.5, 0.6) is 0 Å². The van der Waals surface area contributed by atoms with Gasteiger partial charge in [-0.1, -0.05) is 49.0 Å². The Labute approximate surface area is 170 Å². The number of para-hydroxylation sites is 1. The fourth-order valence-electron chi connectivity index (χ4n) is 2.55. The summed E-state index contributed by atoms with van der Waals surface area (Å²) in [5, 5.41) is 12.0. The second-order valence-corrected chi connectivity index (χ2v) is 7.06. The summed E-state index contributed by atoms with van der Waals surface area (Å²) in [7, 11) is 0. The van der Waals surface area contributed by atoms with Gasteiger partial charge in [-0.2, -0.15) is 0 Å². The van der Waals surface area contributed by atoms with Gasteiger partial charge in [0.1, 0.15) is 0 Å².